The molecule has 4 heterocycles. The van der Waals surface area contributed by atoms with Crippen LogP contribution in [0.25, 0.3) is 29.2 Å². The lowest BCUT2D eigenvalue weighted by molar-refractivity contribution is -0.156. The number of methoxy groups -OCH3 is 3. The Kier molecular flexibility index (Phi) is 18.8. The standard InChI is InChI=1S/C44H60N4O12/c1-27-13-9-10-17-40-45-33(24-57-40)43-47-34(25-59-43)44-46-32(23-58-44)42(56-8)30(4)35(51)15-11-14-31(50)21-41(53)60-39(27)22-38(55-7)28(2)18-19-36(52)29(3)37(54-6)16-12-20-48(5)26-49/h10-12,15,17,20,23-31,37-39,42,50H,9,13-14,16,18-19,21-22H2,1-8H3/b15-11+,17-10-,20-12+. The zero-order chi connectivity index (χ0) is 43.8. The Hall–Kier alpha value is -5.03. The van der Waals surface area contributed by atoms with Crippen molar-refractivity contribution in [1.82, 2.24) is 19.9 Å². The van der Waals surface area contributed by atoms with E-state index in [0.29, 0.717) is 67.9 Å². The molecule has 9 unspecified atom stereocenters. The second kappa shape index (κ2) is 23.7. The smallest absolute Gasteiger partial charge is 0.308 e. The third-order valence-electron chi connectivity index (χ3n) is 11.0. The van der Waals surface area contributed by atoms with Crippen molar-refractivity contribution in [3.05, 3.63) is 60.9 Å². The largest absolute Gasteiger partial charge is 0.462 e. The fraction of sp³-hybridized carbons (Fsp3) is 0.568. The van der Waals surface area contributed by atoms with Crippen molar-refractivity contribution in [3.63, 3.8) is 0 Å². The topological polar surface area (TPSA) is 207 Å². The Morgan fingerprint density at radius 1 is 0.967 bits per heavy atom. The summed E-state index contributed by atoms with van der Waals surface area (Å²) in [6, 6.07) is 0. The number of carbonyl (C=O) groups excluding carboxylic acids is 4. The third-order valence-corrected chi connectivity index (χ3v) is 11.0. The van der Waals surface area contributed by atoms with Gasteiger partial charge in [-0.25, -0.2) is 15.0 Å². The predicted molar refractivity (Wildman–Crippen MR) is 219 cm³/mol. The third kappa shape index (κ3) is 13.8. The van der Waals surface area contributed by atoms with Gasteiger partial charge in [-0.15, -0.1) is 0 Å². The molecular formula is C44H60N4O12. The van der Waals surface area contributed by atoms with Crippen LogP contribution in [0.3, 0.4) is 0 Å². The quantitative estimate of drug-likeness (QED) is 0.121. The number of aliphatic hydroxyl groups excluding tert-OH is 1. The number of amides is 1. The minimum absolute atomic E-state index is 0.0431. The molecule has 1 aliphatic heterocycles. The van der Waals surface area contributed by atoms with Crippen LogP contribution in [0.2, 0.25) is 0 Å². The lowest BCUT2D eigenvalue weighted by atomic mass is 9.86. The van der Waals surface area contributed by atoms with Crippen molar-refractivity contribution in [1.29, 1.82) is 0 Å². The molecule has 4 rings (SSSR count). The van der Waals surface area contributed by atoms with Crippen molar-refractivity contribution in [2.24, 2.45) is 23.7 Å². The summed E-state index contributed by atoms with van der Waals surface area (Å²) in [5, 5.41) is 10.8. The molecule has 1 N–H and O–H groups in total. The zero-order valence-corrected chi connectivity index (χ0v) is 35.9. The molecule has 0 saturated heterocycles. The van der Waals surface area contributed by atoms with E-state index in [1.165, 1.54) is 43.0 Å². The normalized spacial score (nSPS) is 24.1. The van der Waals surface area contributed by atoms with Gasteiger partial charge in [0.15, 0.2) is 17.2 Å². The number of carbonyl (C=O) groups is 4. The lowest BCUT2D eigenvalue weighted by Crippen LogP contribution is -2.34. The summed E-state index contributed by atoms with van der Waals surface area (Å²) in [6.07, 6.45) is 14.5. The number of hydrogen-bond donors (Lipinski definition) is 1. The summed E-state index contributed by atoms with van der Waals surface area (Å²) < 4.78 is 40.2. The van der Waals surface area contributed by atoms with Crippen molar-refractivity contribution < 1.29 is 56.5 Å². The van der Waals surface area contributed by atoms with Crippen LogP contribution in [-0.4, -0.2) is 102 Å². The van der Waals surface area contributed by atoms with Gasteiger partial charge in [0.25, 0.3) is 0 Å². The molecule has 3 aromatic rings. The van der Waals surface area contributed by atoms with E-state index in [0.717, 1.165) is 0 Å². The first-order valence-corrected chi connectivity index (χ1v) is 20.3. The number of oxazole rings is 3. The number of aromatic nitrogens is 3. The van der Waals surface area contributed by atoms with Crippen molar-refractivity contribution in [3.8, 4) is 23.2 Å². The Morgan fingerprint density at radius 3 is 2.38 bits per heavy atom. The van der Waals surface area contributed by atoms with Gasteiger partial charge in [0.1, 0.15) is 42.5 Å². The van der Waals surface area contributed by atoms with Crippen LogP contribution in [0.1, 0.15) is 96.8 Å². The maximum atomic E-state index is 13.3. The van der Waals surface area contributed by atoms with E-state index < -0.39 is 30.2 Å². The SMILES string of the molecule is COC(CC1OC(=O)CC(O)C/C=C/C(=O)C(C)C(OC)c2coc(n2)-c2coc(n2)-c2coc(n2)/C=C\CCC1C)C(C)CCC(=O)C(C)C(C/C=C/N(C)C=O)OC. The van der Waals surface area contributed by atoms with E-state index in [9.17, 15) is 24.3 Å². The minimum Gasteiger partial charge on any atom is -0.462 e. The van der Waals surface area contributed by atoms with Crippen molar-refractivity contribution in [2.45, 2.75) is 110 Å². The van der Waals surface area contributed by atoms with E-state index in [-0.39, 0.29) is 66.2 Å². The van der Waals surface area contributed by atoms with Gasteiger partial charge in [-0.1, -0.05) is 45.9 Å². The number of aliphatic hydroxyl groups is 1. The second-order valence-electron chi connectivity index (χ2n) is 15.5. The number of Topliss-reactive ketones (excluding diaryl/α,β-unsaturated/α-hetero) is 1. The number of ether oxygens (including phenoxy) is 4. The summed E-state index contributed by atoms with van der Waals surface area (Å²) in [7, 11) is 6.27. The molecule has 3 aromatic heterocycles. The van der Waals surface area contributed by atoms with E-state index in [1.54, 1.807) is 46.5 Å². The number of fused-ring (bicyclic) bond motifs is 8. The van der Waals surface area contributed by atoms with Crippen LogP contribution >= 0.6 is 0 Å². The molecule has 16 nitrogen and oxygen atoms in total. The molecule has 1 aliphatic rings. The fourth-order valence-corrected chi connectivity index (χ4v) is 7.01. The number of cyclic esters (lactones) is 1. The van der Waals surface area contributed by atoms with Crippen LogP contribution in [0.5, 0.6) is 0 Å². The van der Waals surface area contributed by atoms with Gasteiger partial charge in [-0.05, 0) is 56.1 Å². The molecule has 16 heteroatoms. The van der Waals surface area contributed by atoms with Gasteiger partial charge in [-0.2, -0.15) is 0 Å². The number of ketones is 2. The summed E-state index contributed by atoms with van der Waals surface area (Å²) in [4.78, 5) is 65.5. The zero-order valence-electron chi connectivity index (χ0n) is 35.9. The second-order valence-corrected chi connectivity index (χ2v) is 15.5. The van der Waals surface area contributed by atoms with Gasteiger partial charge in [0.05, 0.1) is 30.7 Å². The molecule has 60 heavy (non-hydrogen) atoms. The highest BCUT2D eigenvalue weighted by Gasteiger charge is 2.31. The Morgan fingerprint density at radius 2 is 1.67 bits per heavy atom. The van der Waals surface area contributed by atoms with E-state index in [4.69, 9.17) is 32.2 Å². The molecule has 9 atom stereocenters. The molecule has 0 aliphatic carbocycles. The van der Waals surface area contributed by atoms with Gasteiger partial charge < -0.3 is 42.2 Å². The highest BCUT2D eigenvalue weighted by atomic mass is 16.5. The minimum atomic E-state index is -1.10. The number of rotatable bonds is 15. The fourth-order valence-electron chi connectivity index (χ4n) is 7.01. The van der Waals surface area contributed by atoms with E-state index in [2.05, 4.69) is 15.0 Å². The molecule has 0 fully saturated rings. The van der Waals surface area contributed by atoms with Crippen LogP contribution in [-0.2, 0) is 38.1 Å². The first-order valence-electron chi connectivity index (χ1n) is 20.3. The first-order chi connectivity index (χ1) is 28.8. The summed E-state index contributed by atoms with van der Waals surface area (Å²) in [5.74, 6) is -1.32. The number of allylic oxidation sites excluding steroid dienone is 2. The highest BCUT2D eigenvalue weighted by molar-refractivity contribution is 5.92. The average molecular weight is 837 g/mol. The van der Waals surface area contributed by atoms with E-state index >= 15 is 0 Å². The van der Waals surface area contributed by atoms with Crippen LogP contribution < -0.4 is 0 Å². The van der Waals surface area contributed by atoms with Gasteiger partial charge >= 0.3 is 5.97 Å². The van der Waals surface area contributed by atoms with Crippen molar-refractivity contribution >= 4 is 30.0 Å². The van der Waals surface area contributed by atoms with Gasteiger partial charge in [0, 0.05) is 53.3 Å². The molecular weight excluding hydrogens is 776 g/mol. The van der Waals surface area contributed by atoms with Crippen LogP contribution in [0, 0.1) is 23.7 Å². The van der Waals surface area contributed by atoms with E-state index in [1.807, 2.05) is 26.8 Å². The Labute approximate surface area is 351 Å². The predicted octanol–water partition coefficient (Wildman–Crippen LogP) is 6.96. The van der Waals surface area contributed by atoms with Gasteiger partial charge in [-0.3, -0.25) is 19.2 Å². The highest BCUT2D eigenvalue weighted by Crippen LogP contribution is 2.31. The maximum absolute atomic E-state index is 13.3. The summed E-state index contributed by atoms with van der Waals surface area (Å²) >= 11 is 0. The van der Waals surface area contributed by atoms with Crippen molar-refractivity contribution in [2.75, 3.05) is 28.4 Å². The molecule has 1 amide bonds. The van der Waals surface area contributed by atoms with Crippen LogP contribution in [0.4, 0.5) is 0 Å². The molecule has 328 valence electrons. The maximum Gasteiger partial charge on any atom is 0.308 e. The molecule has 0 aromatic carbocycles. The Bertz CT molecular complexity index is 1910. The van der Waals surface area contributed by atoms with Gasteiger partial charge in [0.2, 0.25) is 24.1 Å². The molecule has 0 saturated carbocycles. The first kappa shape index (κ1) is 47.6. The number of hydrogen-bond acceptors (Lipinski definition) is 15. The lowest BCUT2D eigenvalue weighted by Gasteiger charge is -2.31. The molecule has 6 bridgehead atoms. The average Bonchev–Trinajstić information content (AvgIpc) is 4.03. The van der Waals surface area contributed by atoms with Crippen LogP contribution in [0.15, 0.2) is 62.5 Å². The summed E-state index contributed by atoms with van der Waals surface area (Å²) in [5.41, 5.74) is 1.07. The molecule has 0 spiro atoms. The number of nitrogens with zero attached hydrogens (tertiary/aromatic N) is 4. The molecule has 0 radical (unpaired) electrons. The Balaban J connectivity index is 1.48. The summed E-state index contributed by atoms with van der Waals surface area (Å²) in [6.45, 7) is 7.54. The number of esters is 1. The monoisotopic (exact) mass is 836 g/mol.